The molecule has 1 aliphatic heterocycles. The van der Waals surface area contributed by atoms with Crippen molar-refractivity contribution in [3.63, 3.8) is 0 Å². The van der Waals surface area contributed by atoms with Gasteiger partial charge in [-0.3, -0.25) is 14.6 Å². The first-order chi connectivity index (χ1) is 9.69. The van der Waals surface area contributed by atoms with Gasteiger partial charge >= 0.3 is 0 Å². The zero-order valence-corrected chi connectivity index (χ0v) is 11.5. The van der Waals surface area contributed by atoms with Crippen molar-refractivity contribution in [3.05, 3.63) is 34.7 Å². The Labute approximate surface area is 117 Å². The molecule has 110 valence electrons. The molecule has 7 nitrogen and oxygen atoms in total. The maximum absolute atomic E-state index is 11.6. The van der Waals surface area contributed by atoms with Gasteiger partial charge in [0.1, 0.15) is 0 Å². The zero-order chi connectivity index (χ0) is 14.4. The average molecular weight is 279 g/mol. The number of hydrogen-bond donors (Lipinski definition) is 2. The number of piperazine rings is 1. The van der Waals surface area contributed by atoms with E-state index >= 15 is 0 Å². The molecule has 2 rings (SSSR count). The van der Waals surface area contributed by atoms with Crippen LogP contribution in [0.2, 0.25) is 0 Å². The van der Waals surface area contributed by atoms with Crippen LogP contribution in [0.4, 0.5) is 0 Å². The number of pyridine rings is 1. The third-order valence-corrected chi connectivity index (χ3v) is 3.54. The Bertz CT molecular complexity index is 505. The second-order valence-electron chi connectivity index (χ2n) is 4.94. The van der Waals surface area contributed by atoms with Crippen molar-refractivity contribution in [1.29, 1.82) is 0 Å². The second kappa shape index (κ2) is 7.06. The van der Waals surface area contributed by atoms with Crippen LogP contribution in [0.25, 0.3) is 0 Å². The smallest absolute Gasteiger partial charge is 0.250 e. The van der Waals surface area contributed by atoms with Crippen LogP contribution in [0.15, 0.2) is 34.3 Å². The Kier molecular flexibility index (Phi) is 5.14. The van der Waals surface area contributed by atoms with Gasteiger partial charge < -0.3 is 15.5 Å². The van der Waals surface area contributed by atoms with Crippen molar-refractivity contribution in [3.8, 4) is 0 Å². The SMILES string of the molecule is N/C(CN1CCN(CCn2ccccc2=O)CC1)=N/O. The fraction of sp³-hybridized carbons (Fsp3) is 0.538. The normalized spacial score (nSPS) is 18.3. The molecule has 20 heavy (non-hydrogen) atoms. The molecule has 0 bridgehead atoms. The number of nitrogens with two attached hydrogens (primary N) is 1. The van der Waals surface area contributed by atoms with Gasteiger partial charge in [-0.1, -0.05) is 11.2 Å². The van der Waals surface area contributed by atoms with Crippen molar-refractivity contribution in [1.82, 2.24) is 14.4 Å². The van der Waals surface area contributed by atoms with E-state index in [0.717, 1.165) is 32.7 Å². The lowest BCUT2D eigenvalue weighted by Crippen LogP contribution is -2.49. The monoisotopic (exact) mass is 279 g/mol. The highest BCUT2D eigenvalue weighted by Crippen LogP contribution is 2.01. The van der Waals surface area contributed by atoms with E-state index in [2.05, 4.69) is 15.0 Å². The fourth-order valence-electron chi connectivity index (χ4n) is 2.33. The van der Waals surface area contributed by atoms with E-state index in [-0.39, 0.29) is 11.4 Å². The molecule has 1 aliphatic rings. The first kappa shape index (κ1) is 14.5. The molecular weight excluding hydrogens is 258 g/mol. The van der Waals surface area contributed by atoms with E-state index in [0.29, 0.717) is 13.1 Å². The summed E-state index contributed by atoms with van der Waals surface area (Å²) in [5, 5.41) is 11.5. The highest BCUT2D eigenvalue weighted by atomic mass is 16.4. The van der Waals surface area contributed by atoms with Crippen LogP contribution in [0.1, 0.15) is 0 Å². The van der Waals surface area contributed by atoms with E-state index in [1.54, 1.807) is 16.7 Å². The molecule has 1 aromatic heterocycles. The van der Waals surface area contributed by atoms with Crippen molar-refractivity contribution in [2.24, 2.45) is 10.9 Å². The molecule has 0 spiro atoms. The van der Waals surface area contributed by atoms with Gasteiger partial charge in [-0.05, 0) is 6.07 Å². The molecule has 0 saturated carbocycles. The predicted octanol–water partition coefficient (Wildman–Crippen LogP) is -0.788. The third-order valence-electron chi connectivity index (χ3n) is 3.54. The highest BCUT2D eigenvalue weighted by molar-refractivity contribution is 5.81. The van der Waals surface area contributed by atoms with E-state index in [1.165, 1.54) is 0 Å². The van der Waals surface area contributed by atoms with Crippen LogP contribution in [-0.4, -0.2) is 64.7 Å². The van der Waals surface area contributed by atoms with Crippen LogP contribution in [-0.2, 0) is 6.54 Å². The Morgan fingerprint density at radius 3 is 2.55 bits per heavy atom. The van der Waals surface area contributed by atoms with Gasteiger partial charge in [-0.2, -0.15) is 0 Å². The standard InChI is InChI=1S/C13H21N5O2/c14-12(15-20)11-17-7-5-16(6-8-17)9-10-18-4-2-1-3-13(18)19/h1-4,20H,5-11H2,(H2,14,15). The Morgan fingerprint density at radius 1 is 1.20 bits per heavy atom. The summed E-state index contributed by atoms with van der Waals surface area (Å²) in [6, 6.07) is 5.20. The minimum Gasteiger partial charge on any atom is -0.409 e. The molecule has 1 fully saturated rings. The van der Waals surface area contributed by atoms with E-state index in [1.807, 2.05) is 12.3 Å². The van der Waals surface area contributed by atoms with Crippen LogP contribution in [0.3, 0.4) is 0 Å². The lowest BCUT2D eigenvalue weighted by Gasteiger charge is -2.34. The first-order valence-electron chi connectivity index (χ1n) is 6.75. The minimum absolute atomic E-state index is 0.0399. The van der Waals surface area contributed by atoms with Gasteiger partial charge in [0.25, 0.3) is 5.56 Å². The molecule has 1 saturated heterocycles. The summed E-state index contributed by atoms with van der Waals surface area (Å²) in [6.07, 6.45) is 1.82. The third kappa shape index (κ3) is 4.07. The number of rotatable bonds is 5. The number of oxime groups is 1. The molecule has 2 heterocycles. The molecule has 0 amide bonds. The summed E-state index contributed by atoms with van der Waals surface area (Å²) in [4.78, 5) is 16.1. The highest BCUT2D eigenvalue weighted by Gasteiger charge is 2.17. The molecule has 0 radical (unpaired) electrons. The lowest BCUT2D eigenvalue weighted by atomic mass is 10.3. The Balaban J connectivity index is 1.75. The summed E-state index contributed by atoms with van der Waals surface area (Å²) < 4.78 is 1.72. The predicted molar refractivity (Wildman–Crippen MR) is 77.0 cm³/mol. The van der Waals surface area contributed by atoms with Gasteiger partial charge in [-0.15, -0.1) is 0 Å². The first-order valence-corrected chi connectivity index (χ1v) is 6.75. The number of hydrogen-bond acceptors (Lipinski definition) is 5. The lowest BCUT2D eigenvalue weighted by molar-refractivity contribution is 0.140. The fourth-order valence-corrected chi connectivity index (χ4v) is 2.33. The average Bonchev–Trinajstić information content (AvgIpc) is 2.48. The topological polar surface area (TPSA) is 87.1 Å². The Hall–Kier alpha value is -1.86. The number of amidine groups is 1. The molecule has 7 heteroatoms. The van der Waals surface area contributed by atoms with Crippen LogP contribution in [0, 0.1) is 0 Å². The number of aromatic nitrogens is 1. The van der Waals surface area contributed by atoms with Gasteiger partial charge in [0, 0.05) is 51.5 Å². The van der Waals surface area contributed by atoms with E-state index in [4.69, 9.17) is 10.9 Å². The van der Waals surface area contributed by atoms with Crippen molar-refractivity contribution in [2.45, 2.75) is 6.54 Å². The van der Waals surface area contributed by atoms with Crippen molar-refractivity contribution < 1.29 is 5.21 Å². The number of nitrogens with zero attached hydrogens (tertiary/aromatic N) is 4. The zero-order valence-electron chi connectivity index (χ0n) is 11.5. The molecule has 3 N–H and O–H groups in total. The molecule has 0 unspecified atom stereocenters. The summed E-state index contributed by atoms with van der Waals surface area (Å²) in [6.45, 7) is 5.71. The summed E-state index contributed by atoms with van der Waals surface area (Å²) >= 11 is 0. The largest absolute Gasteiger partial charge is 0.409 e. The summed E-state index contributed by atoms with van der Waals surface area (Å²) in [5.41, 5.74) is 5.54. The van der Waals surface area contributed by atoms with E-state index in [9.17, 15) is 4.79 Å². The van der Waals surface area contributed by atoms with Crippen molar-refractivity contribution >= 4 is 5.84 Å². The van der Waals surface area contributed by atoms with Gasteiger partial charge in [0.15, 0.2) is 5.84 Å². The molecule has 0 aliphatic carbocycles. The maximum atomic E-state index is 11.6. The molecule has 0 aromatic carbocycles. The minimum atomic E-state index is 0.0399. The van der Waals surface area contributed by atoms with Crippen LogP contribution < -0.4 is 11.3 Å². The van der Waals surface area contributed by atoms with Crippen molar-refractivity contribution in [2.75, 3.05) is 39.3 Å². The van der Waals surface area contributed by atoms with E-state index < -0.39 is 0 Å². The maximum Gasteiger partial charge on any atom is 0.250 e. The van der Waals surface area contributed by atoms with Gasteiger partial charge in [0.2, 0.25) is 0 Å². The molecule has 0 atom stereocenters. The van der Waals surface area contributed by atoms with Gasteiger partial charge in [-0.25, -0.2) is 0 Å². The quantitative estimate of drug-likeness (QED) is 0.319. The van der Waals surface area contributed by atoms with Crippen LogP contribution in [0.5, 0.6) is 0 Å². The molecular formula is C13H21N5O2. The Morgan fingerprint density at radius 2 is 1.90 bits per heavy atom. The van der Waals surface area contributed by atoms with Gasteiger partial charge in [0.05, 0.1) is 6.54 Å². The molecule has 1 aromatic rings. The summed E-state index contributed by atoms with van der Waals surface area (Å²) in [7, 11) is 0. The van der Waals surface area contributed by atoms with Crippen LogP contribution >= 0.6 is 0 Å². The summed E-state index contributed by atoms with van der Waals surface area (Å²) in [5.74, 6) is 0.245. The second-order valence-corrected chi connectivity index (χ2v) is 4.94.